The van der Waals surface area contributed by atoms with E-state index in [2.05, 4.69) is 56.0 Å². The Morgan fingerprint density at radius 1 is 1.21 bits per heavy atom. The van der Waals surface area contributed by atoms with Crippen LogP contribution in [-0.4, -0.2) is 67.0 Å². The molecule has 0 unspecified atom stereocenters. The van der Waals surface area contributed by atoms with Gasteiger partial charge in [0.25, 0.3) is 0 Å². The molecule has 6 atom stereocenters. The Labute approximate surface area is 260 Å². The smallest absolute Gasteiger partial charge is 0.404 e. The van der Waals surface area contributed by atoms with Crippen molar-refractivity contribution in [3.8, 4) is 0 Å². The molecule has 5 rings (SSSR count). The number of nitroso groups, excluding NO2 is 1. The zero-order valence-corrected chi connectivity index (χ0v) is 26.9. The van der Waals surface area contributed by atoms with Gasteiger partial charge in [-0.2, -0.15) is 0 Å². The highest BCUT2D eigenvalue weighted by atomic mass is 35.5. The highest BCUT2D eigenvalue weighted by molar-refractivity contribution is 6.48. The third-order valence-electron chi connectivity index (χ3n) is 9.50. The van der Waals surface area contributed by atoms with Gasteiger partial charge in [0.1, 0.15) is 10.9 Å². The largest absolute Gasteiger partial charge is 0.481 e. The van der Waals surface area contributed by atoms with Crippen LogP contribution >= 0.6 is 11.6 Å². The molecule has 0 aromatic heterocycles. The quantitative estimate of drug-likeness (QED) is 0.0570. The van der Waals surface area contributed by atoms with Gasteiger partial charge in [0.2, 0.25) is 24.8 Å². The van der Waals surface area contributed by atoms with Crippen molar-refractivity contribution in [3.63, 3.8) is 0 Å². The second-order valence-electron chi connectivity index (χ2n) is 13.6. The molecule has 1 aromatic rings. The number of amides is 2. The Morgan fingerprint density at radius 3 is 2.60 bits per heavy atom. The molecule has 5 N–H and O–H groups in total. The van der Waals surface area contributed by atoms with E-state index in [-0.39, 0.29) is 47.6 Å². The van der Waals surface area contributed by atoms with Crippen molar-refractivity contribution in [1.82, 2.24) is 21.4 Å². The van der Waals surface area contributed by atoms with E-state index in [0.717, 1.165) is 18.4 Å². The van der Waals surface area contributed by atoms with E-state index in [0.29, 0.717) is 47.5 Å². The summed E-state index contributed by atoms with van der Waals surface area (Å²) in [6.45, 7) is 11.3. The van der Waals surface area contributed by atoms with E-state index < -0.39 is 18.8 Å². The Kier molecular flexibility index (Phi) is 10.4. The van der Waals surface area contributed by atoms with Crippen LogP contribution in [-0.2, 0) is 25.3 Å². The summed E-state index contributed by atoms with van der Waals surface area (Å²) in [5, 5.41) is 17.2. The van der Waals surface area contributed by atoms with Gasteiger partial charge in [-0.3, -0.25) is 15.0 Å². The number of hydrazine groups is 1. The Balaban J connectivity index is 1.43. The van der Waals surface area contributed by atoms with E-state index in [1.165, 1.54) is 7.05 Å². The number of hydrogen-bond acceptors (Lipinski definition) is 6. The first-order chi connectivity index (χ1) is 20.2. The fourth-order valence-corrected chi connectivity index (χ4v) is 7.38. The van der Waals surface area contributed by atoms with Gasteiger partial charge in [-0.1, -0.05) is 56.9 Å². The van der Waals surface area contributed by atoms with Gasteiger partial charge in [0, 0.05) is 11.6 Å². The van der Waals surface area contributed by atoms with Gasteiger partial charge < -0.3 is 25.3 Å². The molecule has 4 aliphatic rings. The van der Waals surface area contributed by atoms with Gasteiger partial charge in [-0.15, -0.1) is 0 Å². The van der Waals surface area contributed by atoms with Gasteiger partial charge in [0.05, 0.1) is 29.0 Å². The van der Waals surface area contributed by atoms with E-state index >= 15 is 0 Å². The summed E-state index contributed by atoms with van der Waals surface area (Å²) in [7, 11) is 0.674. The first kappa shape index (κ1) is 33.2. The normalized spacial score (nSPS) is 26.5. The maximum Gasteiger partial charge on any atom is 0.481 e. The molecule has 1 aromatic carbocycles. The van der Waals surface area contributed by atoms with Crippen LogP contribution in [0.4, 0.5) is 0 Å². The minimum absolute atomic E-state index is 0.00259. The minimum atomic E-state index is -0.821. The second-order valence-corrected chi connectivity index (χ2v) is 14.0. The van der Waals surface area contributed by atoms with Crippen LogP contribution in [0.3, 0.4) is 0 Å². The van der Waals surface area contributed by atoms with Crippen LogP contribution in [0.5, 0.6) is 0 Å². The summed E-state index contributed by atoms with van der Waals surface area (Å²) < 4.78 is 13.2. The lowest BCUT2D eigenvalue weighted by Gasteiger charge is -2.64. The number of carbonyl (C=O) groups is 2. The van der Waals surface area contributed by atoms with Crippen LogP contribution in [0.2, 0.25) is 5.02 Å². The molecule has 1 saturated heterocycles. The lowest BCUT2D eigenvalue weighted by molar-refractivity contribution is -0.563. The van der Waals surface area contributed by atoms with Crippen molar-refractivity contribution in [1.29, 1.82) is 5.41 Å². The van der Waals surface area contributed by atoms with Crippen LogP contribution in [0.1, 0.15) is 72.3 Å². The molecule has 3 aliphatic carbocycles. The third-order valence-corrected chi connectivity index (χ3v) is 9.73. The van der Waals surface area contributed by atoms with Crippen molar-refractivity contribution in [3.05, 3.63) is 39.8 Å². The molecule has 4 fully saturated rings. The summed E-state index contributed by atoms with van der Waals surface area (Å²) in [5.74, 6) is 0.161. The molecule has 1 heterocycles. The van der Waals surface area contributed by atoms with Crippen LogP contribution in [0, 0.1) is 33.5 Å². The highest BCUT2D eigenvalue weighted by Crippen LogP contribution is 2.65. The zero-order valence-electron chi connectivity index (χ0n) is 26.2. The van der Waals surface area contributed by atoms with Crippen molar-refractivity contribution >= 4 is 36.5 Å². The topological polar surface area (TPSA) is 145 Å². The van der Waals surface area contributed by atoms with Gasteiger partial charge in [-0.05, 0) is 79.9 Å². The molecule has 1 aliphatic heterocycles. The molecule has 3 saturated carbocycles. The standard InChI is InChI=1S/C30H46BClN6O5/c1-18(2)13-25(31-42-24-17-20-16-23(29(20,3)4)30(24,5)43-31)36-27(40)22(11-8-12-34-28(33)37-38(6)41)35-26(39)15-19-9-7-10-21(32)14-19/h7,9-10,14,18,20,22-25H,8,11-13,15-17H2,1-6H3,(H4-,33,34,35,36,37,39,40,41)/p+1/t20-,22-,23-,24+,25-,30-/m0/s1. The maximum atomic E-state index is 13.8. The number of guanidine groups is 1. The highest BCUT2D eigenvalue weighted by Gasteiger charge is 2.68. The molecule has 236 valence electrons. The van der Waals surface area contributed by atoms with Gasteiger partial charge in [-0.25, -0.2) is 0 Å². The number of carbonyl (C=O) groups excluding carboxylic acids is 2. The van der Waals surface area contributed by atoms with Gasteiger partial charge in [0.15, 0.2) is 0 Å². The molecular formula is C30H47BClN6O5+. The fraction of sp³-hybridized carbons (Fsp3) is 0.700. The number of halogens is 1. The van der Waals surface area contributed by atoms with E-state index in [4.69, 9.17) is 26.3 Å². The predicted octanol–water partition coefficient (Wildman–Crippen LogP) is 3.38. The van der Waals surface area contributed by atoms with Crippen molar-refractivity contribution in [2.75, 3.05) is 13.6 Å². The first-order valence-electron chi connectivity index (χ1n) is 15.4. The van der Waals surface area contributed by atoms with E-state index in [1.807, 2.05) is 6.07 Å². The molecule has 43 heavy (non-hydrogen) atoms. The van der Waals surface area contributed by atoms with Crippen LogP contribution in [0.25, 0.3) is 0 Å². The van der Waals surface area contributed by atoms with Gasteiger partial charge >= 0.3 is 7.12 Å². The molecule has 2 bridgehead atoms. The molecule has 11 nitrogen and oxygen atoms in total. The third kappa shape index (κ3) is 7.88. The SMILES string of the molecule is CC(C)C[C@H](NC(=O)[C@H](CCCNC(=N)N[N+](C)=O)NC(=O)Cc1cccc(Cl)c1)B1O[C@@H]2C[C@@H]3C[C@@H](C3(C)C)[C@]2(C)O1. The average molecular weight is 618 g/mol. The van der Waals surface area contributed by atoms with Crippen molar-refractivity contribution in [2.45, 2.75) is 96.8 Å². The second kappa shape index (κ2) is 13.5. The van der Waals surface area contributed by atoms with Crippen molar-refractivity contribution in [2.24, 2.45) is 23.2 Å². The lowest BCUT2D eigenvalue weighted by atomic mass is 9.43. The summed E-state index contributed by atoms with van der Waals surface area (Å²) in [6.07, 6.45) is 3.62. The summed E-state index contributed by atoms with van der Waals surface area (Å²) in [4.78, 5) is 38.4. The number of rotatable bonds is 13. The van der Waals surface area contributed by atoms with Crippen LogP contribution in [0.15, 0.2) is 24.3 Å². The molecule has 13 heteroatoms. The summed E-state index contributed by atoms with van der Waals surface area (Å²) >= 11 is 6.10. The predicted molar refractivity (Wildman–Crippen MR) is 166 cm³/mol. The number of nitrogens with zero attached hydrogens (tertiary/aromatic N) is 1. The number of benzene rings is 1. The molecule has 0 radical (unpaired) electrons. The Hall–Kier alpha value is -2.70. The lowest BCUT2D eigenvalue weighted by Crippen LogP contribution is -2.65. The number of hydrogen-bond donors (Lipinski definition) is 5. The van der Waals surface area contributed by atoms with E-state index in [9.17, 15) is 14.5 Å². The fourth-order valence-electron chi connectivity index (χ4n) is 7.16. The first-order valence-corrected chi connectivity index (χ1v) is 15.7. The van der Waals surface area contributed by atoms with Crippen LogP contribution < -0.4 is 21.4 Å². The monoisotopic (exact) mass is 617 g/mol. The molecular weight excluding hydrogens is 571 g/mol. The summed E-state index contributed by atoms with van der Waals surface area (Å²) in [5.41, 5.74) is 2.85. The Bertz CT molecular complexity index is 1220. The molecule has 2 amide bonds. The summed E-state index contributed by atoms with van der Waals surface area (Å²) in [6, 6.07) is 6.25. The molecule has 0 spiro atoms. The Morgan fingerprint density at radius 2 is 1.95 bits per heavy atom. The minimum Gasteiger partial charge on any atom is -0.404 e. The van der Waals surface area contributed by atoms with E-state index in [1.54, 1.807) is 18.2 Å². The average Bonchev–Trinajstić information content (AvgIpc) is 3.26. The zero-order chi connectivity index (χ0) is 31.5. The van der Waals surface area contributed by atoms with Crippen molar-refractivity contribution < 1.29 is 23.8 Å². The maximum absolute atomic E-state index is 13.8. The number of nitrogens with one attached hydrogen (secondary N) is 5.